The van der Waals surface area contributed by atoms with Crippen LogP contribution in [0.2, 0.25) is 0 Å². The van der Waals surface area contributed by atoms with Crippen LogP contribution < -0.4 is 5.73 Å². The molecule has 0 spiro atoms. The van der Waals surface area contributed by atoms with E-state index in [4.69, 9.17) is 10.5 Å². The summed E-state index contributed by atoms with van der Waals surface area (Å²) < 4.78 is 17.9. The minimum Gasteiger partial charge on any atom is -0.381 e. The molecule has 2 N–H and O–H groups in total. The van der Waals surface area contributed by atoms with Crippen LogP contribution in [0.15, 0.2) is 24.3 Å². The van der Waals surface area contributed by atoms with Gasteiger partial charge in [-0.25, -0.2) is 4.39 Å². The van der Waals surface area contributed by atoms with Gasteiger partial charge in [0.05, 0.1) is 6.61 Å². The topological polar surface area (TPSA) is 35.2 Å². The second-order valence-corrected chi connectivity index (χ2v) is 3.70. The molecule has 1 aliphatic heterocycles. The van der Waals surface area contributed by atoms with Crippen LogP contribution in [0, 0.1) is 11.7 Å². The van der Waals surface area contributed by atoms with Gasteiger partial charge in [-0.2, -0.15) is 0 Å². The Morgan fingerprint density at radius 2 is 2.07 bits per heavy atom. The van der Waals surface area contributed by atoms with Crippen molar-refractivity contribution in [3.8, 4) is 0 Å². The summed E-state index contributed by atoms with van der Waals surface area (Å²) in [6.45, 7) is 1.51. The molecule has 1 aromatic carbocycles. The van der Waals surface area contributed by atoms with Crippen LogP contribution in [0.5, 0.6) is 0 Å². The predicted molar refractivity (Wildman–Crippen MR) is 52.3 cm³/mol. The van der Waals surface area contributed by atoms with E-state index in [0.29, 0.717) is 5.92 Å². The fraction of sp³-hybridized carbons (Fsp3) is 0.455. The number of ether oxygens (including phenoxy) is 1. The van der Waals surface area contributed by atoms with Crippen molar-refractivity contribution in [3.63, 3.8) is 0 Å². The number of halogens is 1. The van der Waals surface area contributed by atoms with Crippen molar-refractivity contribution in [2.24, 2.45) is 11.7 Å². The smallest absolute Gasteiger partial charge is 0.123 e. The second kappa shape index (κ2) is 4.07. The van der Waals surface area contributed by atoms with Crippen LogP contribution in [-0.2, 0) is 4.74 Å². The molecule has 2 rings (SSSR count). The highest BCUT2D eigenvalue weighted by atomic mass is 19.1. The summed E-state index contributed by atoms with van der Waals surface area (Å²) in [5, 5.41) is 0. The van der Waals surface area contributed by atoms with E-state index in [1.54, 1.807) is 12.1 Å². The molecule has 0 saturated carbocycles. The lowest BCUT2D eigenvalue weighted by molar-refractivity contribution is 0.181. The molecule has 1 aromatic rings. The van der Waals surface area contributed by atoms with E-state index in [2.05, 4.69) is 0 Å². The Hall–Kier alpha value is -0.930. The van der Waals surface area contributed by atoms with Gasteiger partial charge in [-0.05, 0) is 24.1 Å². The first-order chi connectivity index (χ1) is 6.77. The lowest BCUT2D eigenvalue weighted by Gasteiger charge is -2.17. The first kappa shape index (κ1) is 9.62. The van der Waals surface area contributed by atoms with Gasteiger partial charge in [-0.3, -0.25) is 0 Å². The lowest BCUT2D eigenvalue weighted by Crippen LogP contribution is -2.21. The molecule has 0 amide bonds. The van der Waals surface area contributed by atoms with Crippen LogP contribution in [0.25, 0.3) is 0 Å². The number of hydrogen-bond acceptors (Lipinski definition) is 2. The van der Waals surface area contributed by atoms with E-state index in [9.17, 15) is 4.39 Å². The van der Waals surface area contributed by atoms with Crippen molar-refractivity contribution in [1.82, 2.24) is 0 Å². The standard InChI is InChI=1S/C11H14FNO/c12-10-3-1-8(2-4-10)11(13)9-5-6-14-7-9/h1-4,9,11H,5-7,13H2. The summed E-state index contributed by atoms with van der Waals surface area (Å²) >= 11 is 0. The van der Waals surface area contributed by atoms with Gasteiger partial charge in [0.2, 0.25) is 0 Å². The highest BCUT2D eigenvalue weighted by molar-refractivity contribution is 5.20. The Labute approximate surface area is 82.9 Å². The van der Waals surface area contributed by atoms with E-state index >= 15 is 0 Å². The van der Waals surface area contributed by atoms with E-state index in [1.165, 1.54) is 12.1 Å². The number of benzene rings is 1. The van der Waals surface area contributed by atoms with E-state index in [-0.39, 0.29) is 11.9 Å². The molecule has 1 fully saturated rings. The minimum absolute atomic E-state index is 0.0295. The van der Waals surface area contributed by atoms with Gasteiger partial charge >= 0.3 is 0 Å². The van der Waals surface area contributed by atoms with Crippen LogP contribution >= 0.6 is 0 Å². The summed E-state index contributed by atoms with van der Waals surface area (Å²) in [4.78, 5) is 0. The van der Waals surface area contributed by atoms with E-state index in [0.717, 1.165) is 25.2 Å². The summed E-state index contributed by atoms with van der Waals surface area (Å²) in [5.41, 5.74) is 7.04. The van der Waals surface area contributed by atoms with Gasteiger partial charge in [0.15, 0.2) is 0 Å². The third-order valence-corrected chi connectivity index (χ3v) is 2.73. The second-order valence-electron chi connectivity index (χ2n) is 3.70. The zero-order valence-corrected chi connectivity index (χ0v) is 7.95. The molecule has 1 saturated heterocycles. The molecular weight excluding hydrogens is 181 g/mol. The van der Waals surface area contributed by atoms with Gasteiger partial charge in [0.1, 0.15) is 5.82 Å². The molecule has 0 aliphatic carbocycles. The van der Waals surface area contributed by atoms with Crippen molar-refractivity contribution in [2.75, 3.05) is 13.2 Å². The lowest BCUT2D eigenvalue weighted by atomic mass is 9.93. The molecule has 2 unspecified atom stereocenters. The Morgan fingerprint density at radius 1 is 1.36 bits per heavy atom. The quantitative estimate of drug-likeness (QED) is 0.781. The third-order valence-electron chi connectivity index (χ3n) is 2.73. The molecular formula is C11H14FNO. The fourth-order valence-corrected chi connectivity index (χ4v) is 1.79. The maximum absolute atomic E-state index is 12.7. The molecule has 1 aliphatic rings. The average molecular weight is 195 g/mol. The van der Waals surface area contributed by atoms with Crippen LogP contribution in [-0.4, -0.2) is 13.2 Å². The molecule has 0 bridgehead atoms. The molecule has 2 atom stereocenters. The molecule has 2 nitrogen and oxygen atoms in total. The Balaban J connectivity index is 2.09. The minimum atomic E-state index is -0.219. The monoisotopic (exact) mass is 195 g/mol. The number of hydrogen-bond donors (Lipinski definition) is 1. The molecule has 3 heteroatoms. The average Bonchev–Trinajstić information content (AvgIpc) is 2.71. The predicted octanol–water partition coefficient (Wildman–Crippen LogP) is 1.86. The highest BCUT2D eigenvalue weighted by Gasteiger charge is 2.23. The zero-order valence-electron chi connectivity index (χ0n) is 7.95. The van der Waals surface area contributed by atoms with Gasteiger partial charge in [0, 0.05) is 18.6 Å². The Bertz CT molecular complexity index is 293. The summed E-state index contributed by atoms with van der Waals surface area (Å²) in [7, 11) is 0. The zero-order chi connectivity index (χ0) is 9.97. The highest BCUT2D eigenvalue weighted by Crippen LogP contribution is 2.26. The largest absolute Gasteiger partial charge is 0.381 e. The number of nitrogens with two attached hydrogens (primary N) is 1. The molecule has 0 aromatic heterocycles. The Morgan fingerprint density at radius 3 is 2.64 bits per heavy atom. The fourth-order valence-electron chi connectivity index (χ4n) is 1.79. The van der Waals surface area contributed by atoms with Crippen LogP contribution in [0.3, 0.4) is 0 Å². The van der Waals surface area contributed by atoms with Crippen molar-refractivity contribution >= 4 is 0 Å². The van der Waals surface area contributed by atoms with Crippen molar-refractivity contribution in [2.45, 2.75) is 12.5 Å². The first-order valence-corrected chi connectivity index (χ1v) is 4.86. The molecule has 0 radical (unpaired) electrons. The number of rotatable bonds is 2. The van der Waals surface area contributed by atoms with Crippen molar-refractivity contribution in [1.29, 1.82) is 0 Å². The SMILES string of the molecule is NC(c1ccc(F)cc1)C1CCOC1. The maximum atomic E-state index is 12.7. The van der Waals surface area contributed by atoms with Crippen molar-refractivity contribution in [3.05, 3.63) is 35.6 Å². The summed E-state index contributed by atoms with van der Waals surface area (Å²) in [6.07, 6.45) is 0.999. The Kier molecular flexibility index (Phi) is 2.79. The van der Waals surface area contributed by atoms with Gasteiger partial charge in [0.25, 0.3) is 0 Å². The summed E-state index contributed by atoms with van der Waals surface area (Å²) in [5.74, 6) is 0.157. The molecule has 1 heterocycles. The molecule has 76 valence electrons. The van der Waals surface area contributed by atoms with Gasteiger partial charge in [-0.1, -0.05) is 12.1 Å². The maximum Gasteiger partial charge on any atom is 0.123 e. The third kappa shape index (κ3) is 1.94. The molecule has 14 heavy (non-hydrogen) atoms. The van der Waals surface area contributed by atoms with Crippen LogP contribution in [0.1, 0.15) is 18.0 Å². The normalized spacial score (nSPS) is 23.7. The van der Waals surface area contributed by atoms with Gasteiger partial charge in [-0.15, -0.1) is 0 Å². The van der Waals surface area contributed by atoms with Crippen LogP contribution in [0.4, 0.5) is 4.39 Å². The van der Waals surface area contributed by atoms with Crippen molar-refractivity contribution < 1.29 is 9.13 Å². The van der Waals surface area contributed by atoms with Gasteiger partial charge < -0.3 is 10.5 Å². The summed E-state index contributed by atoms with van der Waals surface area (Å²) in [6, 6.07) is 6.37. The first-order valence-electron chi connectivity index (χ1n) is 4.86. The van der Waals surface area contributed by atoms with E-state index < -0.39 is 0 Å². The van der Waals surface area contributed by atoms with E-state index in [1.807, 2.05) is 0 Å².